The van der Waals surface area contributed by atoms with Gasteiger partial charge < -0.3 is 4.98 Å². The summed E-state index contributed by atoms with van der Waals surface area (Å²) < 4.78 is 22.5. The summed E-state index contributed by atoms with van der Waals surface area (Å²) in [7, 11) is -3.31. The summed E-state index contributed by atoms with van der Waals surface area (Å²) in [6.07, 6.45) is 1.09. The molecule has 1 aromatic heterocycles. The Balaban J connectivity index is 2.37. The minimum Gasteiger partial charge on any atom is -0.343 e. The van der Waals surface area contributed by atoms with Crippen LogP contribution in [0.25, 0.3) is 0 Å². The number of nitrogens with one attached hydrogen (secondary N) is 1. The van der Waals surface area contributed by atoms with E-state index in [-0.39, 0.29) is 16.5 Å². The van der Waals surface area contributed by atoms with Crippen LogP contribution in [0.5, 0.6) is 0 Å². The molecule has 1 N–H and O–H groups in total. The van der Waals surface area contributed by atoms with Crippen molar-refractivity contribution in [3.8, 4) is 0 Å². The first-order valence-corrected chi connectivity index (χ1v) is 6.86. The van der Waals surface area contributed by atoms with Crippen molar-refractivity contribution in [2.24, 2.45) is 0 Å². The van der Waals surface area contributed by atoms with E-state index >= 15 is 0 Å². The van der Waals surface area contributed by atoms with Gasteiger partial charge in [0.25, 0.3) is 0 Å². The SMILES string of the molecule is CS(=O)(=O)c1ccc(C(=O)c2ccccc2)[nH]1. The molecule has 0 fully saturated rings. The lowest BCUT2D eigenvalue weighted by Gasteiger charge is -1.97. The minimum absolute atomic E-state index is 0.0526. The van der Waals surface area contributed by atoms with Crippen LogP contribution in [-0.2, 0) is 9.84 Å². The van der Waals surface area contributed by atoms with E-state index in [1.165, 1.54) is 12.1 Å². The van der Waals surface area contributed by atoms with Crippen LogP contribution < -0.4 is 0 Å². The smallest absolute Gasteiger partial charge is 0.209 e. The second-order valence-corrected chi connectivity index (χ2v) is 5.69. The maximum Gasteiger partial charge on any atom is 0.209 e. The molecule has 0 bridgehead atoms. The summed E-state index contributed by atoms with van der Waals surface area (Å²) in [6, 6.07) is 11.6. The third kappa shape index (κ3) is 2.45. The predicted octanol–water partition coefficient (Wildman–Crippen LogP) is 1.65. The lowest BCUT2D eigenvalue weighted by atomic mass is 10.1. The Morgan fingerprint density at radius 2 is 1.71 bits per heavy atom. The third-order valence-electron chi connectivity index (χ3n) is 2.34. The van der Waals surface area contributed by atoms with Gasteiger partial charge in [-0.15, -0.1) is 0 Å². The maximum atomic E-state index is 12.0. The number of sulfone groups is 1. The van der Waals surface area contributed by atoms with Gasteiger partial charge in [-0.25, -0.2) is 8.42 Å². The highest BCUT2D eigenvalue weighted by Gasteiger charge is 2.14. The summed E-state index contributed by atoms with van der Waals surface area (Å²) in [5, 5.41) is 0.0526. The van der Waals surface area contributed by atoms with Crippen LogP contribution in [-0.4, -0.2) is 25.4 Å². The highest BCUT2D eigenvalue weighted by molar-refractivity contribution is 7.90. The predicted molar refractivity (Wildman–Crippen MR) is 63.8 cm³/mol. The Hall–Kier alpha value is -1.88. The van der Waals surface area contributed by atoms with E-state index in [0.29, 0.717) is 5.56 Å². The van der Waals surface area contributed by atoms with E-state index in [4.69, 9.17) is 0 Å². The first-order valence-electron chi connectivity index (χ1n) is 4.97. The van der Waals surface area contributed by atoms with Crippen molar-refractivity contribution in [1.82, 2.24) is 4.98 Å². The van der Waals surface area contributed by atoms with Crippen LogP contribution in [0.4, 0.5) is 0 Å². The van der Waals surface area contributed by atoms with Gasteiger partial charge in [0.2, 0.25) is 5.78 Å². The molecule has 0 aliphatic rings. The fourth-order valence-electron chi connectivity index (χ4n) is 1.47. The van der Waals surface area contributed by atoms with Crippen LogP contribution in [0.1, 0.15) is 16.1 Å². The van der Waals surface area contributed by atoms with E-state index in [1.54, 1.807) is 24.3 Å². The van der Waals surface area contributed by atoms with Crippen molar-refractivity contribution >= 4 is 15.6 Å². The van der Waals surface area contributed by atoms with Crippen molar-refractivity contribution in [3.05, 3.63) is 53.7 Å². The molecule has 1 aromatic carbocycles. The average molecular weight is 249 g/mol. The molecule has 0 unspecified atom stereocenters. The zero-order chi connectivity index (χ0) is 12.5. The van der Waals surface area contributed by atoms with E-state index in [9.17, 15) is 13.2 Å². The standard InChI is InChI=1S/C12H11NO3S/c1-17(15,16)11-8-7-10(13-11)12(14)9-5-3-2-4-6-9/h2-8,13H,1H3. The largest absolute Gasteiger partial charge is 0.343 e. The zero-order valence-corrected chi connectivity index (χ0v) is 9.99. The Kier molecular flexibility index (Phi) is 2.85. The van der Waals surface area contributed by atoms with Crippen molar-refractivity contribution in [3.63, 3.8) is 0 Å². The molecule has 0 saturated heterocycles. The van der Waals surface area contributed by atoms with Crippen molar-refractivity contribution in [1.29, 1.82) is 0 Å². The number of ketones is 1. The van der Waals surface area contributed by atoms with E-state index in [2.05, 4.69) is 4.98 Å². The van der Waals surface area contributed by atoms with E-state index in [1.807, 2.05) is 6.07 Å². The molecule has 0 aliphatic heterocycles. The molecule has 0 saturated carbocycles. The van der Waals surface area contributed by atoms with Gasteiger partial charge in [-0.05, 0) is 12.1 Å². The fourth-order valence-corrected chi connectivity index (χ4v) is 2.08. The Morgan fingerprint density at radius 1 is 1.06 bits per heavy atom. The van der Waals surface area contributed by atoms with Gasteiger partial charge >= 0.3 is 0 Å². The zero-order valence-electron chi connectivity index (χ0n) is 9.17. The van der Waals surface area contributed by atoms with Crippen molar-refractivity contribution < 1.29 is 13.2 Å². The topological polar surface area (TPSA) is 67.0 Å². The average Bonchev–Trinajstić information content (AvgIpc) is 2.78. The number of H-pyrrole nitrogens is 1. The fraction of sp³-hybridized carbons (Fsp3) is 0.0833. The molecule has 1 heterocycles. The molecule has 5 heteroatoms. The molecular formula is C12H11NO3S. The lowest BCUT2D eigenvalue weighted by molar-refractivity contribution is 0.103. The number of hydrogen-bond acceptors (Lipinski definition) is 3. The Labute approximate surface area is 99.2 Å². The first kappa shape index (κ1) is 11.6. The van der Waals surface area contributed by atoms with Gasteiger partial charge in [0, 0.05) is 11.8 Å². The van der Waals surface area contributed by atoms with Gasteiger partial charge in [0.05, 0.1) is 5.69 Å². The van der Waals surface area contributed by atoms with Crippen molar-refractivity contribution in [2.45, 2.75) is 5.03 Å². The molecule has 88 valence electrons. The second-order valence-electron chi connectivity index (χ2n) is 3.70. The number of hydrogen-bond donors (Lipinski definition) is 1. The first-order chi connectivity index (χ1) is 7.98. The summed E-state index contributed by atoms with van der Waals surface area (Å²) in [5.41, 5.74) is 0.797. The number of rotatable bonds is 3. The molecule has 0 radical (unpaired) electrons. The Morgan fingerprint density at radius 3 is 2.24 bits per heavy atom. The van der Waals surface area contributed by atoms with E-state index in [0.717, 1.165) is 6.26 Å². The number of benzene rings is 1. The summed E-state index contributed by atoms with van der Waals surface area (Å²) in [4.78, 5) is 14.6. The minimum atomic E-state index is -3.31. The monoisotopic (exact) mass is 249 g/mol. The molecule has 0 aliphatic carbocycles. The maximum absolute atomic E-state index is 12.0. The van der Waals surface area contributed by atoms with Gasteiger partial charge in [-0.2, -0.15) is 0 Å². The molecule has 0 spiro atoms. The molecular weight excluding hydrogens is 238 g/mol. The van der Waals surface area contributed by atoms with E-state index < -0.39 is 9.84 Å². The third-order valence-corrected chi connectivity index (χ3v) is 3.38. The lowest BCUT2D eigenvalue weighted by Crippen LogP contribution is -2.03. The van der Waals surface area contributed by atoms with Crippen LogP contribution >= 0.6 is 0 Å². The molecule has 0 amide bonds. The summed E-state index contributed by atoms with van der Waals surface area (Å²) in [6.45, 7) is 0. The van der Waals surface area contributed by atoms with Crippen LogP contribution in [0, 0.1) is 0 Å². The number of aromatic nitrogens is 1. The van der Waals surface area contributed by atoms with Crippen LogP contribution in [0.2, 0.25) is 0 Å². The summed E-state index contributed by atoms with van der Waals surface area (Å²) >= 11 is 0. The van der Waals surface area contributed by atoms with Gasteiger partial charge in [0.15, 0.2) is 9.84 Å². The molecule has 4 nitrogen and oxygen atoms in total. The molecule has 2 rings (SSSR count). The normalized spacial score (nSPS) is 11.4. The van der Waals surface area contributed by atoms with Gasteiger partial charge in [0.1, 0.15) is 5.03 Å². The molecule has 2 aromatic rings. The number of carbonyl (C=O) groups excluding carboxylic acids is 1. The number of carbonyl (C=O) groups is 1. The number of aromatic amines is 1. The molecule has 0 atom stereocenters. The highest BCUT2D eigenvalue weighted by atomic mass is 32.2. The van der Waals surface area contributed by atoms with Crippen LogP contribution in [0.3, 0.4) is 0 Å². The Bertz CT molecular complexity index is 641. The van der Waals surface area contributed by atoms with Gasteiger partial charge in [-0.1, -0.05) is 30.3 Å². The summed E-state index contributed by atoms with van der Waals surface area (Å²) in [5.74, 6) is -0.222. The van der Waals surface area contributed by atoms with Crippen molar-refractivity contribution in [2.75, 3.05) is 6.26 Å². The highest BCUT2D eigenvalue weighted by Crippen LogP contribution is 2.12. The quantitative estimate of drug-likeness (QED) is 0.841. The van der Waals surface area contributed by atoms with Gasteiger partial charge in [-0.3, -0.25) is 4.79 Å². The second kappa shape index (κ2) is 4.18. The molecule has 17 heavy (non-hydrogen) atoms. The van der Waals surface area contributed by atoms with Crippen LogP contribution in [0.15, 0.2) is 47.5 Å².